The number of aliphatic hydroxyl groups is 5. The molecular weight excluding hydrogens is 935 g/mol. The Labute approximate surface area is 465 Å². The number of hydrogen-bond acceptors (Lipinski definition) is 8. The molecule has 9 heteroatoms. The Hall–Kier alpha value is -1.07. The van der Waals surface area contributed by atoms with E-state index in [1.54, 1.807) is 6.08 Å². The van der Waals surface area contributed by atoms with E-state index in [1.165, 1.54) is 289 Å². The number of hydrogen-bond donors (Lipinski definition) is 6. The van der Waals surface area contributed by atoms with Gasteiger partial charge in [-0.25, -0.2) is 0 Å². The molecule has 0 aromatic heterocycles. The third-order valence-corrected chi connectivity index (χ3v) is 16.4. The van der Waals surface area contributed by atoms with Gasteiger partial charge in [0.05, 0.1) is 25.4 Å². The molecule has 0 aromatic rings. The fourth-order valence-corrected chi connectivity index (χ4v) is 11.1. The molecule has 0 bridgehead atoms. The van der Waals surface area contributed by atoms with E-state index in [2.05, 4.69) is 19.2 Å². The van der Waals surface area contributed by atoms with Gasteiger partial charge in [-0.1, -0.05) is 334 Å². The van der Waals surface area contributed by atoms with Crippen LogP contribution in [0.3, 0.4) is 0 Å². The molecule has 1 saturated heterocycles. The van der Waals surface area contributed by atoms with Crippen LogP contribution in [0.5, 0.6) is 0 Å². The average Bonchev–Trinajstić information content (AvgIpc) is 3.41. The number of amides is 1. The molecular formula is C66H129NO8. The predicted octanol–water partition coefficient (Wildman–Crippen LogP) is 17.5. The Kier molecular flexibility index (Phi) is 53.9. The molecule has 1 fully saturated rings. The van der Waals surface area contributed by atoms with Crippen LogP contribution in [0.2, 0.25) is 0 Å². The van der Waals surface area contributed by atoms with Crippen LogP contribution >= 0.6 is 0 Å². The van der Waals surface area contributed by atoms with Crippen LogP contribution in [0.4, 0.5) is 0 Å². The maximum absolute atomic E-state index is 13.1. The van der Waals surface area contributed by atoms with Gasteiger partial charge in [0.1, 0.15) is 24.4 Å². The molecule has 1 heterocycles. The highest BCUT2D eigenvalue weighted by atomic mass is 16.7. The second-order valence-corrected chi connectivity index (χ2v) is 23.6. The van der Waals surface area contributed by atoms with Crippen LogP contribution < -0.4 is 5.32 Å². The first-order chi connectivity index (χ1) is 36.8. The summed E-state index contributed by atoms with van der Waals surface area (Å²) in [5.74, 6) is -0.169. The summed E-state index contributed by atoms with van der Waals surface area (Å²) in [5.41, 5.74) is 0. The fourth-order valence-electron chi connectivity index (χ4n) is 11.1. The highest BCUT2D eigenvalue weighted by molar-refractivity contribution is 5.76. The number of unbranched alkanes of at least 4 members (excludes halogenated alkanes) is 49. The topological polar surface area (TPSA) is 149 Å². The van der Waals surface area contributed by atoms with Crippen molar-refractivity contribution < 1.29 is 39.8 Å². The Balaban J connectivity index is 2.11. The van der Waals surface area contributed by atoms with E-state index >= 15 is 0 Å². The number of rotatable bonds is 59. The SMILES string of the molecule is CCCCCCCCCCCCCCCCCCCCCCCCCCCCCCCCC/C=C/C(O)C(COC1OC(CO)C(O)C(O)C1O)NC(=O)CCCCCCCCCCCCCCCCCCCCC. The van der Waals surface area contributed by atoms with Gasteiger partial charge >= 0.3 is 0 Å². The number of ether oxygens (including phenoxy) is 2. The molecule has 6 N–H and O–H groups in total. The van der Waals surface area contributed by atoms with Crippen molar-refractivity contribution in [3.63, 3.8) is 0 Å². The van der Waals surface area contributed by atoms with Gasteiger partial charge in [-0.15, -0.1) is 0 Å². The quantitative estimate of drug-likeness (QED) is 0.0261. The molecule has 0 aliphatic carbocycles. The molecule has 75 heavy (non-hydrogen) atoms. The van der Waals surface area contributed by atoms with Gasteiger partial charge in [0.25, 0.3) is 0 Å². The number of carbonyl (C=O) groups is 1. The molecule has 9 nitrogen and oxygen atoms in total. The summed E-state index contributed by atoms with van der Waals surface area (Å²) in [4.78, 5) is 13.1. The minimum absolute atomic E-state index is 0.169. The van der Waals surface area contributed by atoms with Crippen LogP contribution in [-0.2, 0) is 14.3 Å². The van der Waals surface area contributed by atoms with Gasteiger partial charge in [-0.2, -0.15) is 0 Å². The fraction of sp³-hybridized carbons (Fsp3) is 0.955. The second kappa shape index (κ2) is 56.2. The van der Waals surface area contributed by atoms with E-state index in [1.807, 2.05) is 6.08 Å². The summed E-state index contributed by atoms with van der Waals surface area (Å²) in [5, 5.41) is 54.7. The smallest absolute Gasteiger partial charge is 0.220 e. The molecule has 1 aliphatic rings. The first kappa shape index (κ1) is 71.9. The molecule has 0 saturated carbocycles. The zero-order valence-corrected chi connectivity index (χ0v) is 49.8. The number of carbonyl (C=O) groups excluding carboxylic acids is 1. The lowest BCUT2D eigenvalue weighted by Gasteiger charge is -2.40. The van der Waals surface area contributed by atoms with Crippen LogP contribution in [0.1, 0.15) is 348 Å². The van der Waals surface area contributed by atoms with E-state index in [0.717, 1.165) is 38.5 Å². The molecule has 1 amide bonds. The molecule has 7 unspecified atom stereocenters. The van der Waals surface area contributed by atoms with Crippen molar-refractivity contribution in [1.29, 1.82) is 0 Å². The Morgan fingerprint density at radius 1 is 0.440 bits per heavy atom. The number of nitrogens with one attached hydrogen (secondary N) is 1. The van der Waals surface area contributed by atoms with Crippen molar-refractivity contribution in [3.8, 4) is 0 Å². The maximum Gasteiger partial charge on any atom is 0.220 e. The van der Waals surface area contributed by atoms with Crippen molar-refractivity contribution in [1.82, 2.24) is 5.32 Å². The van der Waals surface area contributed by atoms with Crippen molar-refractivity contribution in [2.45, 2.75) is 391 Å². The summed E-state index contributed by atoms with van der Waals surface area (Å²) in [7, 11) is 0. The third kappa shape index (κ3) is 45.4. The van der Waals surface area contributed by atoms with E-state index in [0.29, 0.717) is 6.42 Å². The summed E-state index contributed by atoms with van der Waals surface area (Å²) < 4.78 is 11.3. The van der Waals surface area contributed by atoms with E-state index in [-0.39, 0.29) is 12.5 Å². The summed E-state index contributed by atoms with van der Waals surface area (Å²) >= 11 is 0. The third-order valence-electron chi connectivity index (χ3n) is 16.4. The minimum Gasteiger partial charge on any atom is -0.394 e. The maximum atomic E-state index is 13.1. The zero-order valence-electron chi connectivity index (χ0n) is 49.8. The lowest BCUT2D eigenvalue weighted by Crippen LogP contribution is -2.60. The Morgan fingerprint density at radius 2 is 0.733 bits per heavy atom. The van der Waals surface area contributed by atoms with Crippen LogP contribution in [-0.4, -0.2) is 87.5 Å². The largest absolute Gasteiger partial charge is 0.394 e. The highest BCUT2D eigenvalue weighted by Crippen LogP contribution is 2.23. The molecule has 0 radical (unpaired) electrons. The van der Waals surface area contributed by atoms with Gasteiger partial charge in [0, 0.05) is 6.42 Å². The highest BCUT2D eigenvalue weighted by Gasteiger charge is 2.44. The Bertz CT molecular complexity index is 1190. The number of allylic oxidation sites excluding steroid dienone is 1. The minimum atomic E-state index is -1.56. The molecule has 1 aliphatic heterocycles. The monoisotopic (exact) mass is 1060 g/mol. The second-order valence-electron chi connectivity index (χ2n) is 23.6. The van der Waals surface area contributed by atoms with E-state index in [4.69, 9.17) is 9.47 Å². The van der Waals surface area contributed by atoms with Gasteiger partial charge in [-0.05, 0) is 19.3 Å². The number of aliphatic hydroxyl groups excluding tert-OH is 5. The van der Waals surface area contributed by atoms with Crippen molar-refractivity contribution in [2.24, 2.45) is 0 Å². The van der Waals surface area contributed by atoms with Crippen LogP contribution in [0, 0.1) is 0 Å². The van der Waals surface area contributed by atoms with Gasteiger partial charge in [0.2, 0.25) is 5.91 Å². The first-order valence-electron chi connectivity index (χ1n) is 33.4. The molecule has 7 atom stereocenters. The van der Waals surface area contributed by atoms with Crippen molar-refractivity contribution in [2.75, 3.05) is 13.2 Å². The van der Waals surface area contributed by atoms with Crippen molar-refractivity contribution >= 4 is 5.91 Å². The lowest BCUT2D eigenvalue weighted by atomic mass is 9.99. The summed E-state index contributed by atoms with van der Waals surface area (Å²) in [6, 6.07) is -0.801. The molecule has 446 valence electrons. The van der Waals surface area contributed by atoms with Crippen LogP contribution in [0.25, 0.3) is 0 Å². The van der Waals surface area contributed by atoms with Gasteiger partial charge < -0.3 is 40.3 Å². The van der Waals surface area contributed by atoms with E-state index in [9.17, 15) is 30.3 Å². The lowest BCUT2D eigenvalue weighted by molar-refractivity contribution is -0.302. The summed E-state index contributed by atoms with van der Waals surface area (Å²) in [6.07, 6.45) is 64.6. The average molecular weight is 1060 g/mol. The van der Waals surface area contributed by atoms with Gasteiger partial charge in [-0.3, -0.25) is 4.79 Å². The normalized spacial score (nSPS) is 18.8. The Morgan fingerprint density at radius 3 is 1.04 bits per heavy atom. The predicted molar refractivity (Wildman–Crippen MR) is 318 cm³/mol. The summed E-state index contributed by atoms with van der Waals surface area (Å²) in [6.45, 7) is 3.84. The molecule has 0 spiro atoms. The standard InChI is InChI=1S/C66H129NO8/c1-3-5-7-9-11-13-15-17-19-21-23-24-25-26-27-28-29-30-31-32-33-34-35-36-38-39-41-43-45-47-49-51-53-55-60(69)59(58-74-66-65(73)64(72)63(71)61(57-68)75-66)67-62(70)56-54-52-50-48-46-44-42-40-37-22-20-18-16-14-12-10-8-6-4-2/h53,55,59-61,63-66,68-69,71-73H,3-52,54,56-58H2,1-2H3,(H,67,70)/b55-53+. The first-order valence-corrected chi connectivity index (χ1v) is 33.4. The van der Waals surface area contributed by atoms with Crippen LogP contribution in [0.15, 0.2) is 12.2 Å². The zero-order chi connectivity index (χ0) is 54.3. The van der Waals surface area contributed by atoms with Crippen molar-refractivity contribution in [3.05, 3.63) is 12.2 Å². The molecule has 0 aromatic carbocycles. The molecule has 1 rings (SSSR count). The van der Waals surface area contributed by atoms with E-state index < -0.39 is 49.5 Å². The van der Waals surface area contributed by atoms with Gasteiger partial charge in [0.15, 0.2) is 6.29 Å².